The van der Waals surface area contributed by atoms with E-state index in [2.05, 4.69) is 23.2 Å². The van der Waals surface area contributed by atoms with Crippen LogP contribution in [0.1, 0.15) is 48.8 Å². The van der Waals surface area contributed by atoms with Gasteiger partial charge >= 0.3 is 0 Å². The van der Waals surface area contributed by atoms with Crippen molar-refractivity contribution in [1.82, 2.24) is 9.29 Å². The summed E-state index contributed by atoms with van der Waals surface area (Å²) in [4.78, 5) is 13.3. The first-order chi connectivity index (χ1) is 13.9. The van der Waals surface area contributed by atoms with Crippen LogP contribution in [-0.2, 0) is 24.5 Å². The number of aromatic nitrogens is 1. The van der Waals surface area contributed by atoms with Crippen LogP contribution in [-0.4, -0.2) is 20.7 Å². The number of anilines is 1. The molecule has 2 unspecified atom stereocenters. The third-order valence-electron chi connectivity index (χ3n) is 4.14. The second kappa shape index (κ2) is 11.3. The number of aryl methyl sites for hydroxylation is 1. The van der Waals surface area contributed by atoms with Crippen molar-refractivity contribution in [2.75, 3.05) is 5.32 Å². The van der Waals surface area contributed by atoms with Crippen LogP contribution < -0.4 is 10.0 Å². The predicted molar refractivity (Wildman–Crippen MR) is 114 cm³/mol. The number of halogens is 1. The summed E-state index contributed by atoms with van der Waals surface area (Å²) in [6, 6.07) is 5.66. The Morgan fingerprint density at radius 1 is 1.41 bits per heavy atom. The van der Waals surface area contributed by atoms with Crippen LogP contribution in [0, 0.1) is 17.1 Å². The Bertz CT molecular complexity index is 933. The minimum Gasteiger partial charge on any atom is -0.345 e. The van der Waals surface area contributed by atoms with Gasteiger partial charge in [-0.25, -0.2) is 13.3 Å². The average molecular weight is 419 g/mol. The van der Waals surface area contributed by atoms with Gasteiger partial charge in [-0.15, -0.1) is 13.2 Å². The molecule has 29 heavy (non-hydrogen) atoms. The van der Waals surface area contributed by atoms with Gasteiger partial charge in [0.05, 0.1) is 10.5 Å². The van der Waals surface area contributed by atoms with Crippen molar-refractivity contribution >= 4 is 22.6 Å². The molecular formula is C21H27FN4O2S. The lowest BCUT2D eigenvalue weighted by Crippen LogP contribution is -2.26. The summed E-state index contributed by atoms with van der Waals surface area (Å²) in [7, 11) is 0.351. The third kappa shape index (κ3) is 5.62. The van der Waals surface area contributed by atoms with E-state index in [0.717, 1.165) is 18.1 Å². The monoisotopic (exact) mass is 418 g/mol. The molecule has 1 aliphatic rings. The van der Waals surface area contributed by atoms with Gasteiger partial charge in [0.15, 0.2) is 0 Å². The minimum atomic E-state index is -1.37. The summed E-state index contributed by atoms with van der Waals surface area (Å²) >= 11 is 0. The minimum absolute atomic E-state index is 0.0877. The van der Waals surface area contributed by atoms with Gasteiger partial charge in [0.1, 0.15) is 28.6 Å². The lowest BCUT2D eigenvalue weighted by atomic mass is 10.1. The summed E-state index contributed by atoms with van der Waals surface area (Å²) in [5.74, 6) is -1.02. The number of rotatable bonds is 2. The second-order valence-electron chi connectivity index (χ2n) is 6.02. The molecule has 2 N–H and O–H groups in total. The topological polar surface area (TPSA) is 86.9 Å². The number of carbonyl (C=O) groups is 1. The highest BCUT2D eigenvalue weighted by Gasteiger charge is 2.27. The number of hydrogen-bond donors (Lipinski definition) is 2. The Labute approximate surface area is 174 Å². The predicted octanol–water partition coefficient (Wildman–Crippen LogP) is 4.06. The number of carbonyl (C=O) groups excluding carboxylic acids is 1. The molecule has 1 aromatic heterocycles. The maximum absolute atomic E-state index is 13.4. The molecule has 1 aromatic carbocycles. The van der Waals surface area contributed by atoms with Gasteiger partial charge in [-0.3, -0.25) is 4.79 Å². The van der Waals surface area contributed by atoms with Crippen molar-refractivity contribution in [3.05, 3.63) is 60.2 Å². The van der Waals surface area contributed by atoms with Gasteiger partial charge in [0, 0.05) is 30.5 Å². The number of benzene rings is 1. The van der Waals surface area contributed by atoms with Crippen molar-refractivity contribution in [3.8, 4) is 6.07 Å². The quantitative estimate of drug-likeness (QED) is 0.721. The van der Waals surface area contributed by atoms with Crippen molar-refractivity contribution in [3.63, 3.8) is 0 Å². The zero-order valence-electron chi connectivity index (χ0n) is 17.2. The first kappa shape index (κ1) is 24.3. The van der Waals surface area contributed by atoms with E-state index >= 15 is 0 Å². The summed E-state index contributed by atoms with van der Waals surface area (Å²) in [6.45, 7) is 11.9. The molecule has 1 amide bonds. The SMILES string of the molecule is C=C.CC.CC1CCc2c(cn(C)c2C(=O)Nc2ccc(F)c(C#N)c2)S(=O)N1. The van der Waals surface area contributed by atoms with Crippen molar-refractivity contribution in [2.45, 2.75) is 44.6 Å². The summed E-state index contributed by atoms with van der Waals surface area (Å²) < 4.78 is 30.4. The largest absolute Gasteiger partial charge is 0.345 e. The molecular weight excluding hydrogens is 391 g/mol. The molecule has 156 valence electrons. The molecule has 2 heterocycles. The van der Waals surface area contributed by atoms with Gasteiger partial charge in [0.25, 0.3) is 5.91 Å². The number of nitrogens with one attached hydrogen (secondary N) is 2. The van der Waals surface area contributed by atoms with E-state index in [0.29, 0.717) is 22.7 Å². The standard InChI is InChI=1S/C17H17FN4O2S.C2H6.C2H4/c1-10-3-5-13-15(25(24)21-10)9-22(2)16(13)17(23)20-12-4-6-14(18)11(7-12)8-19;2*1-2/h4,6-7,9-10,21H,3,5H2,1-2H3,(H,20,23);1-2H3;1-2H2. The molecule has 0 aliphatic carbocycles. The number of nitriles is 1. The second-order valence-corrected chi connectivity index (χ2v) is 7.23. The molecule has 6 nitrogen and oxygen atoms in total. The Morgan fingerprint density at radius 2 is 2.07 bits per heavy atom. The fourth-order valence-electron chi connectivity index (χ4n) is 2.89. The Balaban J connectivity index is 0.000000989. The number of nitrogens with zero attached hydrogens (tertiary/aromatic N) is 2. The van der Waals surface area contributed by atoms with Crippen LogP contribution in [0.4, 0.5) is 10.1 Å². The van der Waals surface area contributed by atoms with Gasteiger partial charge in [-0.05, 0) is 38.0 Å². The molecule has 3 rings (SSSR count). The molecule has 0 fully saturated rings. The number of fused-ring (bicyclic) bond motifs is 1. The first-order valence-corrected chi connectivity index (χ1v) is 10.4. The van der Waals surface area contributed by atoms with Crippen LogP contribution in [0.15, 0.2) is 42.4 Å². The first-order valence-electron chi connectivity index (χ1n) is 9.28. The molecule has 0 spiro atoms. The normalized spacial score (nSPS) is 17.2. The molecule has 2 aromatic rings. The molecule has 1 aliphatic heterocycles. The molecule has 0 saturated carbocycles. The van der Waals surface area contributed by atoms with Gasteiger partial charge in [0.2, 0.25) is 0 Å². The summed E-state index contributed by atoms with van der Waals surface area (Å²) in [5.41, 5.74) is 1.36. The maximum Gasteiger partial charge on any atom is 0.272 e. The van der Waals surface area contributed by atoms with E-state index in [1.807, 2.05) is 20.8 Å². The average Bonchev–Trinajstić information content (AvgIpc) is 3.00. The highest BCUT2D eigenvalue weighted by Crippen LogP contribution is 2.26. The van der Waals surface area contributed by atoms with E-state index in [1.54, 1.807) is 23.9 Å². The fraction of sp³-hybridized carbons (Fsp3) is 0.333. The van der Waals surface area contributed by atoms with Crippen LogP contribution in [0.3, 0.4) is 0 Å². The summed E-state index contributed by atoms with van der Waals surface area (Å²) in [5, 5.41) is 11.6. The van der Waals surface area contributed by atoms with Crippen LogP contribution in [0.2, 0.25) is 0 Å². The van der Waals surface area contributed by atoms with E-state index in [-0.39, 0.29) is 17.5 Å². The smallest absolute Gasteiger partial charge is 0.272 e. The van der Waals surface area contributed by atoms with Crippen LogP contribution >= 0.6 is 0 Å². The zero-order chi connectivity index (χ0) is 22.1. The Hall–Kier alpha value is -2.76. The summed E-state index contributed by atoms with van der Waals surface area (Å²) in [6.07, 6.45) is 3.08. The van der Waals surface area contributed by atoms with E-state index in [4.69, 9.17) is 5.26 Å². The zero-order valence-corrected chi connectivity index (χ0v) is 18.0. The molecule has 0 saturated heterocycles. The number of hydrogen-bond acceptors (Lipinski definition) is 3. The molecule has 0 radical (unpaired) electrons. The Morgan fingerprint density at radius 3 is 2.69 bits per heavy atom. The van der Waals surface area contributed by atoms with Crippen molar-refractivity contribution < 1.29 is 13.4 Å². The van der Waals surface area contributed by atoms with Crippen LogP contribution in [0.25, 0.3) is 0 Å². The van der Waals surface area contributed by atoms with E-state index in [1.165, 1.54) is 12.1 Å². The maximum atomic E-state index is 13.4. The van der Waals surface area contributed by atoms with Gasteiger partial charge in [-0.2, -0.15) is 5.26 Å². The van der Waals surface area contributed by atoms with Gasteiger partial charge in [-0.1, -0.05) is 13.8 Å². The van der Waals surface area contributed by atoms with E-state index in [9.17, 15) is 13.4 Å². The Kier molecular flexibility index (Phi) is 9.45. The fourth-order valence-corrected chi connectivity index (χ4v) is 4.18. The highest BCUT2D eigenvalue weighted by atomic mass is 32.2. The lowest BCUT2D eigenvalue weighted by Gasteiger charge is -2.10. The molecule has 2 atom stereocenters. The van der Waals surface area contributed by atoms with Crippen molar-refractivity contribution in [1.29, 1.82) is 5.26 Å². The number of amides is 1. The highest BCUT2D eigenvalue weighted by molar-refractivity contribution is 7.83. The third-order valence-corrected chi connectivity index (χ3v) is 5.51. The van der Waals surface area contributed by atoms with Crippen LogP contribution in [0.5, 0.6) is 0 Å². The van der Waals surface area contributed by atoms with Gasteiger partial charge < -0.3 is 9.88 Å². The lowest BCUT2D eigenvalue weighted by molar-refractivity contribution is 0.101. The van der Waals surface area contributed by atoms with Crippen molar-refractivity contribution in [2.24, 2.45) is 7.05 Å². The molecule has 0 bridgehead atoms. The molecule has 8 heteroatoms. The van der Waals surface area contributed by atoms with E-state index < -0.39 is 16.8 Å².